The zero-order chi connectivity index (χ0) is 36.1. The van der Waals surface area contributed by atoms with Crippen LogP contribution in [-0.4, -0.2) is 83.4 Å². The molecular weight excluding hydrogens is 718 g/mol. The van der Waals surface area contributed by atoms with Gasteiger partial charge < -0.3 is 20.3 Å². The van der Waals surface area contributed by atoms with Crippen LogP contribution < -0.4 is 10.6 Å². The van der Waals surface area contributed by atoms with Gasteiger partial charge in [-0.2, -0.15) is 5.10 Å². The van der Waals surface area contributed by atoms with Crippen molar-refractivity contribution < 1.29 is 23.9 Å². The number of likely N-dealkylation sites (tertiary alicyclic amines) is 1. The maximum absolute atomic E-state index is 14.4. The molecular formula is C36H40BrN9O5. The van der Waals surface area contributed by atoms with Crippen LogP contribution in [0.5, 0.6) is 0 Å². The number of ether oxygens (including phenoxy) is 1. The molecule has 0 unspecified atom stereocenters. The highest BCUT2D eigenvalue weighted by molar-refractivity contribution is 9.10. The van der Waals surface area contributed by atoms with Crippen LogP contribution in [0.2, 0.25) is 0 Å². The van der Waals surface area contributed by atoms with E-state index in [-0.39, 0.29) is 48.4 Å². The monoisotopic (exact) mass is 757 g/mol. The van der Waals surface area contributed by atoms with Gasteiger partial charge in [-0.15, -0.1) is 0 Å². The molecule has 2 aliphatic heterocycles. The average molecular weight is 759 g/mol. The standard InChI is InChI=1S/C36H40BrN9O5/c1-20(47)31-24-11-25(23-14-38-21(2)39-15-23)40-16-27(24)45(44-31)17-30(48)46-26-12-36(13-28(36)46)19-41-34(50)35(3,4)9-5-6-10-51-18-22-7-8-29(37)42-32(22)43-33(26)49/h7-8,11,14-16,26,28H,5-6,9-10,12-13,17-19H2,1-4H3,(H,41,50)(H,42,43,49)/t26-,28+,36-/m0/s1. The summed E-state index contributed by atoms with van der Waals surface area (Å²) in [6.45, 7) is 7.98. The van der Waals surface area contributed by atoms with E-state index in [4.69, 9.17) is 4.74 Å². The van der Waals surface area contributed by atoms with Crippen LogP contribution in [0, 0.1) is 17.8 Å². The van der Waals surface area contributed by atoms with Crippen molar-refractivity contribution in [3.8, 4) is 11.3 Å². The summed E-state index contributed by atoms with van der Waals surface area (Å²) in [6.07, 6.45) is 8.26. The number of piperidine rings is 1. The van der Waals surface area contributed by atoms with Gasteiger partial charge in [0.1, 0.15) is 34.5 Å². The van der Waals surface area contributed by atoms with Crippen molar-refractivity contribution >= 4 is 56.2 Å². The molecule has 3 atom stereocenters. The molecule has 4 aromatic rings. The molecule has 0 aromatic carbocycles. The molecule has 1 saturated heterocycles. The predicted octanol–water partition coefficient (Wildman–Crippen LogP) is 4.40. The molecule has 1 aliphatic carbocycles. The zero-order valence-electron chi connectivity index (χ0n) is 29.0. The number of pyridine rings is 2. The van der Waals surface area contributed by atoms with Gasteiger partial charge in [0.05, 0.1) is 24.0 Å². The number of anilines is 1. The number of halogens is 1. The number of hydrogen-bond donors (Lipinski definition) is 2. The van der Waals surface area contributed by atoms with Gasteiger partial charge in [0, 0.05) is 65.9 Å². The zero-order valence-corrected chi connectivity index (χ0v) is 30.6. The number of aromatic nitrogens is 6. The molecule has 1 saturated carbocycles. The third kappa shape index (κ3) is 6.88. The van der Waals surface area contributed by atoms with Crippen molar-refractivity contribution in [1.29, 1.82) is 0 Å². The maximum Gasteiger partial charge on any atom is 0.248 e. The molecule has 1 spiro atoms. The summed E-state index contributed by atoms with van der Waals surface area (Å²) in [4.78, 5) is 73.8. The predicted molar refractivity (Wildman–Crippen MR) is 190 cm³/mol. The van der Waals surface area contributed by atoms with Gasteiger partial charge in [-0.25, -0.2) is 15.0 Å². The van der Waals surface area contributed by atoms with Gasteiger partial charge in [0.15, 0.2) is 5.78 Å². The second-order valence-electron chi connectivity index (χ2n) is 14.5. The van der Waals surface area contributed by atoms with Crippen molar-refractivity contribution in [1.82, 2.24) is 39.9 Å². The Bertz CT molecular complexity index is 2050. The van der Waals surface area contributed by atoms with E-state index in [0.717, 1.165) is 12.8 Å². The fourth-order valence-electron chi connectivity index (χ4n) is 7.26. The second-order valence-corrected chi connectivity index (χ2v) is 15.3. The fraction of sp³-hybridized carbons (Fsp3) is 0.472. The maximum atomic E-state index is 14.4. The lowest BCUT2D eigenvalue weighted by atomic mass is 9.86. The Morgan fingerprint density at radius 3 is 2.63 bits per heavy atom. The summed E-state index contributed by atoms with van der Waals surface area (Å²) in [5, 5.41) is 11.2. The molecule has 0 radical (unpaired) electrons. The first-order valence-electron chi connectivity index (χ1n) is 17.2. The summed E-state index contributed by atoms with van der Waals surface area (Å²) < 4.78 is 7.97. The SMILES string of the molecule is CC(=O)c1nn(CC(=O)N2[C@H]3C[C@@]4(CNC(=O)C(C)(C)CCCCOCc5ccc(Br)nc5NC3=O)C[C@@H]24)c2cnc(-c3cnc(C)nc3)cc12. The number of amides is 3. The van der Waals surface area contributed by atoms with Crippen molar-refractivity contribution in [2.24, 2.45) is 10.8 Å². The number of nitrogens with zero attached hydrogens (tertiary/aromatic N) is 7. The fourth-order valence-corrected chi connectivity index (χ4v) is 7.57. The van der Waals surface area contributed by atoms with Crippen LogP contribution in [0.25, 0.3) is 22.2 Å². The molecule has 7 rings (SSSR count). The minimum absolute atomic E-state index is 0.0520. The first kappa shape index (κ1) is 34.8. The third-order valence-corrected chi connectivity index (χ3v) is 10.8. The number of carbonyl (C=O) groups excluding carboxylic acids is 4. The Hall–Kier alpha value is -4.63. The molecule has 14 nitrogen and oxygen atoms in total. The minimum atomic E-state index is -0.827. The lowest BCUT2D eigenvalue weighted by Gasteiger charge is -2.27. The van der Waals surface area contributed by atoms with Gasteiger partial charge in [0.2, 0.25) is 17.7 Å². The molecule has 51 heavy (non-hydrogen) atoms. The number of carbonyl (C=O) groups is 4. The smallest absolute Gasteiger partial charge is 0.248 e. The van der Waals surface area contributed by atoms with Gasteiger partial charge in [-0.3, -0.25) is 28.8 Å². The Morgan fingerprint density at radius 1 is 1.08 bits per heavy atom. The van der Waals surface area contributed by atoms with Crippen molar-refractivity contribution in [2.75, 3.05) is 18.5 Å². The van der Waals surface area contributed by atoms with Gasteiger partial charge in [0.25, 0.3) is 0 Å². The second kappa shape index (κ2) is 13.5. The number of rotatable bonds is 4. The number of hydrogen-bond acceptors (Lipinski definition) is 10. The Balaban J connectivity index is 1.20. The highest BCUT2D eigenvalue weighted by atomic mass is 79.9. The van der Waals surface area contributed by atoms with Crippen LogP contribution >= 0.6 is 15.9 Å². The van der Waals surface area contributed by atoms with E-state index >= 15 is 0 Å². The van der Waals surface area contributed by atoms with Crippen LogP contribution in [0.3, 0.4) is 0 Å². The van der Waals surface area contributed by atoms with E-state index in [1.807, 2.05) is 19.9 Å². The first-order valence-corrected chi connectivity index (χ1v) is 17.9. The van der Waals surface area contributed by atoms with E-state index < -0.39 is 16.9 Å². The molecule has 2 bridgehead atoms. The molecule has 2 fully saturated rings. The number of nitrogens with one attached hydrogen (secondary N) is 2. The first-order chi connectivity index (χ1) is 24.3. The third-order valence-electron chi connectivity index (χ3n) is 10.3. The molecule has 3 amide bonds. The normalized spacial score (nSPS) is 23.5. The molecule has 2 N–H and O–H groups in total. The van der Waals surface area contributed by atoms with Crippen molar-refractivity contribution in [3.63, 3.8) is 0 Å². The number of ketones is 1. The Morgan fingerprint density at radius 2 is 1.86 bits per heavy atom. The van der Waals surface area contributed by atoms with Crippen molar-refractivity contribution in [2.45, 2.75) is 85.0 Å². The van der Waals surface area contributed by atoms with Gasteiger partial charge in [-0.05, 0) is 60.7 Å². The minimum Gasteiger partial charge on any atom is -0.377 e. The summed E-state index contributed by atoms with van der Waals surface area (Å²) in [7, 11) is 0. The van der Waals surface area contributed by atoms with E-state index in [9.17, 15) is 19.2 Å². The molecule has 266 valence electrons. The van der Waals surface area contributed by atoms with Crippen LogP contribution in [-0.2, 0) is 32.3 Å². The van der Waals surface area contributed by atoms with Gasteiger partial charge >= 0.3 is 0 Å². The van der Waals surface area contributed by atoms with Gasteiger partial charge in [-0.1, -0.05) is 26.3 Å². The highest BCUT2D eigenvalue weighted by Crippen LogP contribution is 2.59. The quantitative estimate of drug-likeness (QED) is 0.224. The van der Waals surface area contributed by atoms with Crippen LogP contribution in [0.4, 0.5) is 5.82 Å². The average Bonchev–Trinajstić information content (AvgIpc) is 3.51. The summed E-state index contributed by atoms with van der Waals surface area (Å²) in [5.74, 6) is -0.0365. The topological polar surface area (TPSA) is 174 Å². The number of aryl methyl sites for hydroxylation is 1. The Labute approximate surface area is 303 Å². The molecule has 6 heterocycles. The molecule has 15 heteroatoms. The van der Waals surface area contributed by atoms with E-state index in [1.54, 1.807) is 42.5 Å². The van der Waals surface area contributed by atoms with E-state index in [1.165, 1.54) is 11.6 Å². The molecule has 4 aromatic heterocycles. The summed E-state index contributed by atoms with van der Waals surface area (Å²) in [6, 6.07) is 4.31. The van der Waals surface area contributed by atoms with E-state index in [0.29, 0.717) is 76.4 Å². The lowest BCUT2D eigenvalue weighted by Crippen LogP contribution is -2.47. The number of fused-ring (bicyclic) bond motifs is 3. The summed E-state index contributed by atoms with van der Waals surface area (Å²) in [5.41, 5.74) is 1.64. The van der Waals surface area contributed by atoms with E-state index in [2.05, 4.69) is 51.6 Å². The van der Waals surface area contributed by atoms with Crippen LogP contribution in [0.1, 0.15) is 74.8 Å². The summed E-state index contributed by atoms with van der Waals surface area (Å²) >= 11 is 3.41. The highest BCUT2D eigenvalue weighted by Gasteiger charge is 2.67. The van der Waals surface area contributed by atoms with Crippen LogP contribution in [0.15, 0.2) is 41.4 Å². The molecule has 3 aliphatic rings. The largest absolute Gasteiger partial charge is 0.377 e. The Kier molecular flexibility index (Phi) is 9.21. The van der Waals surface area contributed by atoms with Crippen molar-refractivity contribution in [3.05, 3.63) is 58.5 Å². The lowest BCUT2D eigenvalue weighted by molar-refractivity contribution is -0.138. The number of Topliss-reactive ketones (excluding diaryl/α,β-unsaturated/α-hetero) is 1.